The van der Waals surface area contributed by atoms with Crippen LogP contribution in [0.4, 0.5) is 26.4 Å². The molecule has 3 rings (SSSR count). The molecule has 0 radical (unpaired) electrons. The number of aromatic nitrogens is 3. The Kier molecular flexibility index (Phi) is 12.1. The van der Waals surface area contributed by atoms with Gasteiger partial charge in [-0.2, -0.15) is 0 Å². The van der Waals surface area contributed by atoms with Gasteiger partial charge in [-0.3, -0.25) is 4.79 Å². The van der Waals surface area contributed by atoms with E-state index >= 15 is 0 Å². The van der Waals surface area contributed by atoms with Crippen LogP contribution < -0.4 is 16.0 Å². The fraction of sp³-hybridized carbons (Fsp3) is 0.433. The minimum Gasteiger partial charge on any atom is -0.444 e. The van der Waals surface area contributed by atoms with Crippen molar-refractivity contribution in [1.29, 1.82) is 0 Å². The Morgan fingerprint density at radius 2 is 1.84 bits per heavy atom. The molecule has 0 spiro atoms. The van der Waals surface area contributed by atoms with Crippen molar-refractivity contribution in [2.45, 2.75) is 64.6 Å². The zero-order chi connectivity index (χ0) is 31.7. The van der Waals surface area contributed by atoms with Gasteiger partial charge in [0.25, 0.3) is 0 Å². The number of nitrogens with zero attached hydrogens (tertiary/aromatic N) is 4. The summed E-state index contributed by atoms with van der Waals surface area (Å²) in [5, 5.41) is 17.6. The Bertz CT molecular complexity index is 1420. The molecule has 0 aliphatic heterocycles. The van der Waals surface area contributed by atoms with E-state index < -0.39 is 17.5 Å². The summed E-state index contributed by atoms with van der Waals surface area (Å²) in [4.78, 5) is 31.4. The van der Waals surface area contributed by atoms with Crippen LogP contribution in [-0.4, -0.2) is 63.4 Å². The molecule has 10 nitrogen and oxygen atoms in total. The highest BCUT2D eigenvalue weighted by atomic mass is 35.5. The largest absolute Gasteiger partial charge is 0.444 e. The van der Waals surface area contributed by atoms with Crippen LogP contribution in [0.5, 0.6) is 0 Å². The van der Waals surface area contributed by atoms with Crippen LogP contribution in [-0.2, 0) is 9.53 Å². The SMILES string of the molecule is CC(C)CN(CCC(=O)Nc1cc(Nc2cc(-c3cc(Cl)ccc3F)nnc2S)ccn1)CC(C)NC(=O)OC(C)(C)C. The first-order valence-electron chi connectivity index (χ1n) is 14.0. The summed E-state index contributed by atoms with van der Waals surface area (Å²) in [5.41, 5.74) is 0.999. The number of rotatable bonds is 12. The first-order valence-corrected chi connectivity index (χ1v) is 14.8. The Hall–Kier alpha value is -3.48. The Labute approximate surface area is 262 Å². The zero-order valence-electron chi connectivity index (χ0n) is 25.2. The first-order chi connectivity index (χ1) is 20.2. The molecule has 13 heteroatoms. The summed E-state index contributed by atoms with van der Waals surface area (Å²) in [6.07, 6.45) is 1.31. The van der Waals surface area contributed by atoms with Crippen LogP contribution in [0.25, 0.3) is 11.3 Å². The van der Waals surface area contributed by atoms with Gasteiger partial charge in [-0.15, -0.1) is 22.8 Å². The molecule has 0 fully saturated rings. The van der Waals surface area contributed by atoms with Gasteiger partial charge in [0, 0.05) is 60.6 Å². The van der Waals surface area contributed by atoms with Crippen molar-refractivity contribution < 1.29 is 18.7 Å². The highest BCUT2D eigenvalue weighted by Crippen LogP contribution is 2.30. The van der Waals surface area contributed by atoms with E-state index in [2.05, 4.69) is 62.5 Å². The average Bonchev–Trinajstić information content (AvgIpc) is 2.88. The number of carbonyl (C=O) groups excluding carboxylic acids is 2. The second-order valence-corrected chi connectivity index (χ2v) is 12.5. The van der Waals surface area contributed by atoms with Gasteiger partial charge in [0.05, 0.1) is 11.4 Å². The molecule has 2 amide bonds. The van der Waals surface area contributed by atoms with Crippen molar-refractivity contribution in [2.24, 2.45) is 5.92 Å². The van der Waals surface area contributed by atoms with Gasteiger partial charge >= 0.3 is 6.09 Å². The summed E-state index contributed by atoms with van der Waals surface area (Å²) in [5.74, 6) is 0.0437. The third-order valence-electron chi connectivity index (χ3n) is 5.86. The van der Waals surface area contributed by atoms with Gasteiger partial charge in [-0.1, -0.05) is 25.4 Å². The standard InChI is InChI=1S/C30H39ClFN7O3S/c1-18(2)16-39(17-19(3)34-29(41)42-30(4,5)6)12-10-27(40)36-26-14-21(9-11-33-26)35-25-15-24(37-38-28(25)43)22-13-20(31)7-8-23(22)32/h7-9,11,13-15,18-19H,10,12,16-17H2,1-6H3,(H,34,41)(H,38,43)(H2,33,35,36,37,40). The first kappa shape index (κ1) is 34.0. The second-order valence-electron chi connectivity index (χ2n) is 11.6. The van der Waals surface area contributed by atoms with Gasteiger partial charge in [0.2, 0.25) is 5.91 Å². The minimum absolute atomic E-state index is 0.170. The second kappa shape index (κ2) is 15.3. The monoisotopic (exact) mass is 631 g/mol. The van der Waals surface area contributed by atoms with Gasteiger partial charge < -0.3 is 25.6 Å². The maximum atomic E-state index is 14.4. The van der Waals surface area contributed by atoms with E-state index in [0.717, 1.165) is 6.54 Å². The zero-order valence-corrected chi connectivity index (χ0v) is 26.9. The predicted molar refractivity (Wildman–Crippen MR) is 171 cm³/mol. The Balaban J connectivity index is 1.61. The van der Waals surface area contributed by atoms with Crippen molar-refractivity contribution >= 4 is 53.4 Å². The maximum absolute atomic E-state index is 14.4. The van der Waals surface area contributed by atoms with Crippen molar-refractivity contribution in [1.82, 2.24) is 25.4 Å². The number of hydrogen-bond donors (Lipinski definition) is 4. The van der Waals surface area contributed by atoms with Crippen LogP contribution in [0.15, 0.2) is 47.6 Å². The maximum Gasteiger partial charge on any atom is 0.407 e. The number of carbonyl (C=O) groups is 2. The molecular formula is C30H39ClFN7O3S. The minimum atomic E-state index is -0.579. The third-order valence-corrected chi connectivity index (χ3v) is 6.42. The molecular weight excluding hydrogens is 593 g/mol. The lowest BCUT2D eigenvalue weighted by atomic mass is 10.1. The fourth-order valence-electron chi connectivity index (χ4n) is 4.21. The number of alkyl carbamates (subject to hydrolysis) is 1. The van der Waals surface area contributed by atoms with Crippen molar-refractivity contribution in [3.05, 3.63) is 53.4 Å². The number of nitrogens with one attached hydrogen (secondary N) is 3. The topological polar surface area (TPSA) is 121 Å². The van der Waals surface area contributed by atoms with Gasteiger partial charge in [-0.05, 0) is 63.9 Å². The molecule has 0 bridgehead atoms. The van der Waals surface area contributed by atoms with E-state index in [-0.39, 0.29) is 29.6 Å². The molecule has 2 heterocycles. The lowest BCUT2D eigenvalue weighted by Crippen LogP contribution is -2.45. The van der Waals surface area contributed by atoms with E-state index in [1.807, 2.05) is 27.7 Å². The van der Waals surface area contributed by atoms with Crippen LogP contribution in [0, 0.1) is 11.7 Å². The van der Waals surface area contributed by atoms with Crippen LogP contribution in [0.2, 0.25) is 5.02 Å². The number of benzene rings is 1. The molecule has 1 aromatic carbocycles. The fourth-order valence-corrected chi connectivity index (χ4v) is 4.55. The van der Waals surface area contributed by atoms with Crippen molar-refractivity contribution in [3.63, 3.8) is 0 Å². The van der Waals surface area contributed by atoms with Crippen molar-refractivity contribution in [3.8, 4) is 11.3 Å². The number of thiol groups is 1. The normalized spacial score (nSPS) is 12.3. The summed E-state index contributed by atoms with van der Waals surface area (Å²) < 4.78 is 19.7. The van der Waals surface area contributed by atoms with Gasteiger partial charge in [-0.25, -0.2) is 14.2 Å². The quantitative estimate of drug-likeness (QED) is 0.166. The molecule has 1 unspecified atom stereocenters. The number of halogens is 2. The molecule has 0 saturated carbocycles. The average molecular weight is 632 g/mol. The lowest BCUT2D eigenvalue weighted by Gasteiger charge is -2.28. The number of amides is 2. The van der Waals surface area contributed by atoms with E-state index in [4.69, 9.17) is 16.3 Å². The molecule has 2 aromatic heterocycles. The highest BCUT2D eigenvalue weighted by Gasteiger charge is 2.20. The lowest BCUT2D eigenvalue weighted by molar-refractivity contribution is -0.116. The molecule has 3 aromatic rings. The molecule has 3 N–H and O–H groups in total. The molecule has 232 valence electrons. The van der Waals surface area contributed by atoms with Crippen molar-refractivity contribution in [2.75, 3.05) is 30.3 Å². The number of anilines is 3. The number of pyridine rings is 1. The summed E-state index contributed by atoms with van der Waals surface area (Å²) in [6, 6.07) is 9.03. The van der Waals surface area contributed by atoms with Crippen LogP contribution >= 0.6 is 24.2 Å². The predicted octanol–water partition coefficient (Wildman–Crippen LogP) is 6.56. The molecule has 0 aliphatic rings. The van der Waals surface area contributed by atoms with Crippen LogP contribution in [0.3, 0.4) is 0 Å². The van der Waals surface area contributed by atoms with E-state index in [0.29, 0.717) is 46.2 Å². The Morgan fingerprint density at radius 1 is 1.09 bits per heavy atom. The Morgan fingerprint density at radius 3 is 2.53 bits per heavy atom. The summed E-state index contributed by atoms with van der Waals surface area (Å²) >= 11 is 10.4. The van der Waals surface area contributed by atoms with E-state index in [9.17, 15) is 14.0 Å². The van der Waals surface area contributed by atoms with E-state index in [1.165, 1.54) is 18.2 Å². The molecule has 43 heavy (non-hydrogen) atoms. The van der Waals surface area contributed by atoms with Gasteiger partial charge in [0.15, 0.2) is 0 Å². The molecule has 0 aliphatic carbocycles. The van der Waals surface area contributed by atoms with E-state index in [1.54, 1.807) is 24.4 Å². The summed E-state index contributed by atoms with van der Waals surface area (Å²) in [7, 11) is 0. The third kappa shape index (κ3) is 11.6. The smallest absolute Gasteiger partial charge is 0.407 e. The molecule has 0 saturated heterocycles. The highest BCUT2D eigenvalue weighted by molar-refractivity contribution is 7.80. The van der Waals surface area contributed by atoms with Crippen LogP contribution in [0.1, 0.15) is 48.0 Å². The molecule has 1 atom stereocenters. The number of hydrogen-bond acceptors (Lipinski definition) is 9. The number of ether oxygens (including phenoxy) is 1. The summed E-state index contributed by atoms with van der Waals surface area (Å²) in [6.45, 7) is 13.4. The van der Waals surface area contributed by atoms with Gasteiger partial charge in [0.1, 0.15) is 22.3 Å².